The van der Waals surface area contributed by atoms with E-state index in [4.69, 9.17) is 9.26 Å². The molecule has 0 aromatic carbocycles. The molecule has 1 aromatic heterocycles. The zero-order valence-corrected chi connectivity index (χ0v) is 11.9. The van der Waals surface area contributed by atoms with Crippen molar-refractivity contribution in [1.29, 1.82) is 0 Å². The van der Waals surface area contributed by atoms with Gasteiger partial charge >= 0.3 is 0 Å². The van der Waals surface area contributed by atoms with E-state index < -0.39 is 5.60 Å². The quantitative estimate of drug-likeness (QED) is 0.819. The van der Waals surface area contributed by atoms with Crippen LogP contribution >= 0.6 is 0 Å². The van der Waals surface area contributed by atoms with E-state index in [-0.39, 0.29) is 5.92 Å². The molecule has 1 aliphatic carbocycles. The number of carbonyl (C=O) groups excluding carboxylic acids is 1. The summed E-state index contributed by atoms with van der Waals surface area (Å²) in [6, 6.07) is 0. The van der Waals surface area contributed by atoms with Gasteiger partial charge in [-0.3, -0.25) is 4.79 Å². The molecule has 0 saturated heterocycles. The second kappa shape index (κ2) is 5.82. The first-order valence-electron chi connectivity index (χ1n) is 7.02. The highest BCUT2D eigenvalue weighted by atomic mass is 16.5. The molecule has 0 amide bonds. The summed E-state index contributed by atoms with van der Waals surface area (Å²) in [5, 5.41) is 3.97. The lowest BCUT2D eigenvalue weighted by Gasteiger charge is -2.20. The van der Waals surface area contributed by atoms with Crippen LogP contribution in [0, 0.1) is 5.92 Å². The molecule has 0 radical (unpaired) electrons. The Labute approximate surface area is 113 Å². The fourth-order valence-electron chi connectivity index (χ4n) is 2.49. The highest BCUT2D eigenvalue weighted by Crippen LogP contribution is 2.26. The fraction of sp³-hybridized carbons (Fsp3) is 0.786. The first kappa shape index (κ1) is 14.2. The van der Waals surface area contributed by atoms with Crippen LogP contribution in [-0.2, 0) is 21.6 Å². The third kappa shape index (κ3) is 3.41. The van der Waals surface area contributed by atoms with Crippen molar-refractivity contribution >= 4 is 5.78 Å². The molecule has 0 spiro atoms. The van der Waals surface area contributed by atoms with E-state index in [0.29, 0.717) is 36.9 Å². The Balaban J connectivity index is 2.02. The molecule has 1 fully saturated rings. The van der Waals surface area contributed by atoms with Crippen LogP contribution in [0.5, 0.6) is 0 Å². The van der Waals surface area contributed by atoms with Crippen LogP contribution in [0.2, 0.25) is 0 Å². The SMILES string of the molecule is CCOC(C)(C)c1noc(CC2CCCCC2=O)n1. The van der Waals surface area contributed by atoms with Gasteiger partial charge in [0.15, 0.2) is 0 Å². The van der Waals surface area contributed by atoms with Gasteiger partial charge < -0.3 is 9.26 Å². The number of Topliss-reactive ketones (excluding diaryl/α,β-unsaturated/α-hetero) is 1. The minimum Gasteiger partial charge on any atom is -0.368 e. The third-order valence-corrected chi connectivity index (χ3v) is 3.61. The molecule has 1 saturated carbocycles. The molecule has 1 aromatic rings. The van der Waals surface area contributed by atoms with Crippen molar-refractivity contribution in [3.05, 3.63) is 11.7 Å². The maximum atomic E-state index is 11.8. The molecule has 0 bridgehead atoms. The number of aromatic nitrogens is 2. The number of hydrogen-bond donors (Lipinski definition) is 0. The maximum Gasteiger partial charge on any atom is 0.227 e. The molecular formula is C14H22N2O3. The van der Waals surface area contributed by atoms with Gasteiger partial charge in [-0.05, 0) is 33.6 Å². The van der Waals surface area contributed by atoms with Crippen LogP contribution in [0.15, 0.2) is 4.52 Å². The van der Waals surface area contributed by atoms with E-state index in [9.17, 15) is 4.79 Å². The smallest absolute Gasteiger partial charge is 0.227 e. The summed E-state index contributed by atoms with van der Waals surface area (Å²) in [6.45, 7) is 6.36. The molecule has 106 valence electrons. The van der Waals surface area contributed by atoms with E-state index in [1.807, 2.05) is 20.8 Å². The molecule has 1 heterocycles. The lowest BCUT2D eigenvalue weighted by atomic mass is 9.86. The Hall–Kier alpha value is -1.23. The van der Waals surface area contributed by atoms with Crippen molar-refractivity contribution < 1.29 is 14.1 Å². The number of nitrogens with zero attached hydrogens (tertiary/aromatic N) is 2. The summed E-state index contributed by atoms with van der Waals surface area (Å²) in [4.78, 5) is 16.2. The lowest BCUT2D eigenvalue weighted by Crippen LogP contribution is -2.24. The normalized spacial score (nSPS) is 20.8. The Morgan fingerprint density at radius 1 is 1.42 bits per heavy atom. The Morgan fingerprint density at radius 2 is 2.21 bits per heavy atom. The minimum atomic E-state index is -0.549. The van der Waals surface area contributed by atoms with Crippen LogP contribution in [0.1, 0.15) is 58.2 Å². The fourth-order valence-corrected chi connectivity index (χ4v) is 2.49. The average Bonchev–Trinajstić information content (AvgIpc) is 2.81. The van der Waals surface area contributed by atoms with E-state index in [1.165, 1.54) is 0 Å². The molecule has 1 unspecified atom stereocenters. The molecular weight excluding hydrogens is 244 g/mol. The van der Waals surface area contributed by atoms with Gasteiger partial charge in [0.1, 0.15) is 11.4 Å². The van der Waals surface area contributed by atoms with Crippen molar-refractivity contribution in [2.45, 2.75) is 58.5 Å². The summed E-state index contributed by atoms with van der Waals surface area (Å²) in [7, 11) is 0. The summed E-state index contributed by atoms with van der Waals surface area (Å²) in [5.41, 5.74) is -0.549. The topological polar surface area (TPSA) is 65.2 Å². The van der Waals surface area contributed by atoms with E-state index >= 15 is 0 Å². The third-order valence-electron chi connectivity index (χ3n) is 3.61. The molecule has 5 nitrogen and oxygen atoms in total. The van der Waals surface area contributed by atoms with Crippen LogP contribution in [0.3, 0.4) is 0 Å². The second-order valence-electron chi connectivity index (χ2n) is 5.57. The zero-order chi connectivity index (χ0) is 13.9. The summed E-state index contributed by atoms with van der Waals surface area (Å²) in [5.74, 6) is 1.47. The molecule has 0 N–H and O–H groups in total. The van der Waals surface area contributed by atoms with Crippen LogP contribution in [0.4, 0.5) is 0 Å². The number of ether oxygens (including phenoxy) is 1. The lowest BCUT2D eigenvalue weighted by molar-refractivity contribution is -0.124. The second-order valence-corrected chi connectivity index (χ2v) is 5.57. The largest absolute Gasteiger partial charge is 0.368 e. The van der Waals surface area contributed by atoms with Gasteiger partial charge in [0.25, 0.3) is 0 Å². The standard InChI is InChI=1S/C14H22N2O3/c1-4-18-14(2,3)13-15-12(19-16-13)9-10-7-5-6-8-11(10)17/h10H,4-9H2,1-3H3. The monoisotopic (exact) mass is 266 g/mol. The van der Waals surface area contributed by atoms with Crippen molar-refractivity contribution in [2.75, 3.05) is 6.61 Å². The molecule has 0 aliphatic heterocycles. The predicted molar refractivity (Wildman–Crippen MR) is 69.6 cm³/mol. The van der Waals surface area contributed by atoms with Crippen LogP contribution in [0.25, 0.3) is 0 Å². The summed E-state index contributed by atoms with van der Waals surface area (Å²) >= 11 is 0. The van der Waals surface area contributed by atoms with E-state index in [1.54, 1.807) is 0 Å². The Morgan fingerprint density at radius 3 is 2.89 bits per heavy atom. The Bertz CT molecular complexity index is 440. The summed E-state index contributed by atoms with van der Waals surface area (Å²) < 4.78 is 10.8. The first-order chi connectivity index (χ1) is 9.03. The zero-order valence-electron chi connectivity index (χ0n) is 11.9. The first-order valence-corrected chi connectivity index (χ1v) is 7.02. The molecule has 19 heavy (non-hydrogen) atoms. The van der Waals surface area contributed by atoms with Crippen LogP contribution < -0.4 is 0 Å². The minimum absolute atomic E-state index is 0.0530. The number of hydrogen-bond acceptors (Lipinski definition) is 5. The van der Waals surface area contributed by atoms with Gasteiger partial charge in [-0.15, -0.1) is 0 Å². The number of rotatable bonds is 5. The van der Waals surface area contributed by atoms with E-state index in [2.05, 4.69) is 10.1 Å². The molecule has 5 heteroatoms. The van der Waals surface area contributed by atoms with Gasteiger partial charge in [0.05, 0.1) is 0 Å². The van der Waals surface area contributed by atoms with E-state index in [0.717, 1.165) is 19.3 Å². The highest BCUT2D eigenvalue weighted by molar-refractivity contribution is 5.81. The van der Waals surface area contributed by atoms with Crippen molar-refractivity contribution in [3.8, 4) is 0 Å². The van der Waals surface area contributed by atoms with Crippen molar-refractivity contribution in [3.63, 3.8) is 0 Å². The van der Waals surface area contributed by atoms with Gasteiger partial charge in [-0.1, -0.05) is 11.6 Å². The average molecular weight is 266 g/mol. The number of ketones is 1. The summed E-state index contributed by atoms with van der Waals surface area (Å²) in [6.07, 6.45) is 4.32. The molecule has 1 aliphatic rings. The maximum absolute atomic E-state index is 11.8. The van der Waals surface area contributed by atoms with Crippen molar-refractivity contribution in [1.82, 2.24) is 10.1 Å². The van der Waals surface area contributed by atoms with Gasteiger partial charge in [0, 0.05) is 25.4 Å². The van der Waals surface area contributed by atoms with Crippen LogP contribution in [-0.4, -0.2) is 22.5 Å². The predicted octanol–water partition coefficient (Wildman–Crippen LogP) is 2.64. The molecule has 1 atom stereocenters. The highest BCUT2D eigenvalue weighted by Gasteiger charge is 2.29. The van der Waals surface area contributed by atoms with Gasteiger partial charge in [-0.25, -0.2) is 0 Å². The molecule has 2 rings (SSSR count). The van der Waals surface area contributed by atoms with Crippen molar-refractivity contribution in [2.24, 2.45) is 5.92 Å². The van der Waals surface area contributed by atoms with Gasteiger partial charge in [0.2, 0.25) is 11.7 Å². The number of carbonyl (C=O) groups is 1. The Kier molecular flexibility index (Phi) is 4.34. The van der Waals surface area contributed by atoms with Gasteiger partial charge in [-0.2, -0.15) is 4.98 Å².